The number of nitrogens with one attached hydrogen (secondary N) is 1. The standard InChI is InChI=1S/C14H16BrN3O2S.2ClH/c15-12-10-17-9-11-3-1-4-13(14(11)12)21(19,20)18-7-2-5-16-6-8-18;;/h1,3-4,9-10,16H,2,5-8H2;2*1H. The largest absolute Gasteiger partial charge is 0.315 e. The van der Waals surface area contributed by atoms with Crippen molar-refractivity contribution in [3.8, 4) is 0 Å². The van der Waals surface area contributed by atoms with Crippen molar-refractivity contribution in [2.45, 2.75) is 11.3 Å². The summed E-state index contributed by atoms with van der Waals surface area (Å²) in [5, 5.41) is 4.74. The molecule has 2 heterocycles. The second-order valence-corrected chi connectivity index (χ2v) is 7.74. The lowest BCUT2D eigenvalue weighted by Crippen LogP contribution is -2.34. The summed E-state index contributed by atoms with van der Waals surface area (Å²) >= 11 is 3.42. The average Bonchev–Trinajstić information content (AvgIpc) is 2.76. The van der Waals surface area contributed by atoms with Gasteiger partial charge in [-0.1, -0.05) is 12.1 Å². The first-order valence-electron chi connectivity index (χ1n) is 6.84. The van der Waals surface area contributed by atoms with E-state index in [2.05, 4.69) is 26.2 Å². The Kier molecular flexibility index (Phi) is 7.70. The van der Waals surface area contributed by atoms with Crippen molar-refractivity contribution in [2.24, 2.45) is 0 Å². The molecule has 0 unspecified atom stereocenters. The fraction of sp³-hybridized carbons (Fsp3) is 0.357. The van der Waals surface area contributed by atoms with Crippen LogP contribution in [0.3, 0.4) is 0 Å². The molecule has 23 heavy (non-hydrogen) atoms. The Morgan fingerprint density at radius 1 is 1.13 bits per heavy atom. The Balaban J connectivity index is 0.00000132. The van der Waals surface area contributed by atoms with Crippen LogP contribution in [-0.2, 0) is 10.0 Å². The van der Waals surface area contributed by atoms with E-state index >= 15 is 0 Å². The Morgan fingerprint density at radius 3 is 2.70 bits per heavy atom. The first-order chi connectivity index (χ1) is 10.1. The molecule has 1 saturated heterocycles. The van der Waals surface area contributed by atoms with Crippen molar-refractivity contribution in [2.75, 3.05) is 26.2 Å². The number of rotatable bonds is 2. The molecule has 0 saturated carbocycles. The van der Waals surface area contributed by atoms with Crippen molar-refractivity contribution in [1.82, 2.24) is 14.6 Å². The van der Waals surface area contributed by atoms with Gasteiger partial charge in [-0.25, -0.2) is 8.42 Å². The van der Waals surface area contributed by atoms with Gasteiger partial charge < -0.3 is 5.32 Å². The van der Waals surface area contributed by atoms with Gasteiger partial charge >= 0.3 is 0 Å². The van der Waals surface area contributed by atoms with E-state index in [1.165, 1.54) is 0 Å². The van der Waals surface area contributed by atoms with Gasteiger partial charge in [-0.15, -0.1) is 24.8 Å². The minimum Gasteiger partial charge on any atom is -0.315 e. The topological polar surface area (TPSA) is 62.3 Å². The number of pyridine rings is 1. The monoisotopic (exact) mass is 441 g/mol. The molecule has 1 aromatic carbocycles. The molecule has 0 amide bonds. The summed E-state index contributed by atoms with van der Waals surface area (Å²) in [6, 6.07) is 5.30. The van der Waals surface area contributed by atoms with Crippen molar-refractivity contribution in [3.05, 3.63) is 35.1 Å². The minimum atomic E-state index is -3.50. The maximum absolute atomic E-state index is 13.0. The number of halogens is 3. The molecule has 0 radical (unpaired) electrons. The number of benzene rings is 1. The van der Waals surface area contributed by atoms with Gasteiger partial charge in [-0.3, -0.25) is 4.98 Å². The SMILES string of the molecule is Cl.Cl.O=S(=O)(c1cccc2cncc(Br)c12)N1CCCNCC1. The van der Waals surface area contributed by atoms with Crippen LogP contribution in [0.15, 0.2) is 40.0 Å². The summed E-state index contributed by atoms with van der Waals surface area (Å²) in [5.41, 5.74) is 0. The number of sulfonamides is 1. The molecule has 2 aromatic rings. The zero-order valence-corrected chi connectivity index (χ0v) is 16.3. The molecule has 0 atom stereocenters. The maximum atomic E-state index is 13.0. The van der Waals surface area contributed by atoms with Gasteiger partial charge in [-0.05, 0) is 35.0 Å². The Morgan fingerprint density at radius 2 is 1.91 bits per heavy atom. The van der Waals surface area contributed by atoms with E-state index in [1.807, 2.05) is 6.07 Å². The van der Waals surface area contributed by atoms with Crippen molar-refractivity contribution >= 4 is 61.5 Å². The highest BCUT2D eigenvalue weighted by Crippen LogP contribution is 2.31. The summed E-state index contributed by atoms with van der Waals surface area (Å²) in [7, 11) is -3.50. The summed E-state index contributed by atoms with van der Waals surface area (Å²) in [6.45, 7) is 2.59. The average molecular weight is 443 g/mol. The first-order valence-corrected chi connectivity index (χ1v) is 9.07. The Labute approximate surface area is 156 Å². The van der Waals surface area contributed by atoms with E-state index in [-0.39, 0.29) is 24.8 Å². The van der Waals surface area contributed by atoms with Crippen LogP contribution in [0.5, 0.6) is 0 Å². The number of nitrogens with zero attached hydrogens (tertiary/aromatic N) is 2. The van der Waals surface area contributed by atoms with E-state index in [1.54, 1.807) is 28.8 Å². The van der Waals surface area contributed by atoms with E-state index < -0.39 is 10.0 Å². The van der Waals surface area contributed by atoms with Gasteiger partial charge in [0, 0.05) is 47.3 Å². The van der Waals surface area contributed by atoms with E-state index in [0.717, 1.165) is 18.4 Å². The lowest BCUT2D eigenvalue weighted by molar-refractivity contribution is 0.432. The highest BCUT2D eigenvalue weighted by Gasteiger charge is 2.27. The predicted molar refractivity (Wildman–Crippen MR) is 100 cm³/mol. The molecule has 1 aliphatic heterocycles. The lowest BCUT2D eigenvalue weighted by atomic mass is 10.2. The van der Waals surface area contributed by atoms with Gasteiger partial charge in [0.1, 0.15) is 0 Å². The Hall–Kier alpha value is -0.440. The highest BCUT2D eigenvalue weighted by molar-refractivity contribution is 9.10. The molecular weight excluding hydrogens is 425 g/mol. The van der Waals surface area contributed by atoms with Gasteiger partial charge in [0.25, 0.3) is 0 Å². The Bertz CT molecular complexity index is 760. The van der Waals surface area contributed by atoms with Gasteiger partial charge in [-0.2, -0.15) is 4.31 Å². The van der Waals surface area contributed by atoms with Crippen LogP contribution in [0.2, 0.25) is 0 Å². The van der Waals surface area contributed by atoms with Crippen LogP contribution < -0.4 is 5.32 Å². The molecule has 5 nitrogen and oxygen atoms in total. The summed E-state index contributed by atoms with van der Waals surface area (Å²) in [4.78, 5) is 4.44. The minimum absolute atomic E-state index is 0. The van der Waals surface area contributed by atoms with E-state index in [4.69, 9.17) is 0 Å². The molecular formula is C14H18BrCl2N3O2S. The number of hydrogen-bond acceptors (Lipinski definition) is 4. The van der Waals surface area contributed by atoms with Gasteiger partial charge in [0.05, 0.1) is 4.90 Å². The molecule has 0 aliphatic carbocycles. The summed E-state index contributed by atoms with van der Waals surface area (Å²) in [5.74, 6) is 0. The molecule has 0 bridgehead atoms. The molecule has 9 heteroatoms. The molecule has 0 spiro atoms. The first kappa shape index (κ1) is 20.6. The van der Waals surface area contributed by atoms with Crippen LogP contribution in [0.1, 0.15) is 6.42 Å². The van der Waals surface area contributed by atoms with Crippen LogP contribution >= 0.6 is 40.7 Å². The number of hydrogen-bond donors (Lipinski definition) is 1. The summed E-state index contributed by atoms with van der Waals surface area (Å²) in [6.07, 6.45) is 4.14. The van der Waals surface area contributed by atoms with Gasteiger partial charge in [0.2, 0.25) is 10.0 Å². The zero-order chi connectivity index (χ0) is 14.9. The quantitative estimate of drug-likeness (QED) is 0.776. The fourth-order valence-corrected chi connectivity index (χ4v) is 4.98. The third-order valence-corrected chi connectivity index (χ3v) is 6.16. The fourth-order valence-electron chi connectivity index (χ4n) is 2.57. The molecule has 128 valence electrons. The second kappa shape index (κ2) is 8.60. The zero-order valence-electron chi connectivity index (χ0n) is 12.2. The molecule has 1 N–H and O–H groups in total. The van der Waals surface area contributed by atoms with Crippen LogP contribution in [0.25, 0.3) is 10.8 Å². The second-order valence-electron chi connectivity index (χ2n) is 4.98. The third kappa shape index (κ3) is 4.15. The van der Waals surface area contributed by atoms with Gasteiger partial charge in [0.15, 0.2) is 0 Å². The summed E-state index contributed by atoms with van der Waals surface area (Å²) < 4.78 is 28.2. The normalized spacial score (nSPS) is 16.2. The molecule has 3 rings (SSSR count). The van der Waals surface area contributed by atoms with Crippen LogP contribution in [-0.4, -0.2) is 43.9 Å². The smallest absolute Gasteiger partial charge is 0.243 e. The highest BCUT2D eigenvalue weighted by atomic mass is 79.9. The number of fused-ring (bicyclic) bond motifs is 1. The van der Waals surface area contributed by atoms with Crippen molar-refractivity contribution in [1.29, 1.82) is 0 Å². The maximum Gasteiger partial charge on any atom is 0.243 e. The molecule has 1 aliphatic rings. The third-order valence-electron chi connectivity index (χ3n) is 3.62. The molecule has 1 aromatic heterocycles. The lowest BCUT2D eigenvalue weighted by Gasteiger charge is -2.21. The predicted octanol–water partition coefficient (Wildman–Crippen LogP) is 2.82. The van der Waals surface area contributed by atoms with E-state index in [0.29, 0.717) is 34.4 Å². The number of aromatic nitrogens is 1. The molecule has 1 fully saturated rings. The van der Waals surface area contributed by atoms with Crippen molar-refractivity contribution in [3.63, 3.8) is 0 Å². The van der Waals surface area contributed by atoms with Crippen molar-refractivity contribution < 1.29 is 8.42 Å². The van der Waals surface area contributed by atoms with Crippen LogP contribution in [0, 0.1) is 0 Å². The van der Waals surface area contributed by atoms with E-state index in [9.17, 15) is 8.42 Å². The van der Waals surface area contributed by atoms with Crippen LogP contribution in [0.4, 0.5) is 0 Å².